The van der Waals surface area contributed by atoms with Crippen molar-refractivity contribution in [2.75, 3.05) is 25.0 Å². The number of nitrogens with zero attached hydrogens (tertiary/aromatic N) is 2. The number of piperidine rings is 2. The molecule has 0 saturated carbocycles. The average molecular weight is 489 g/mol. The van der Waals surface area contributed by atoms with Crippen LogP contribution in [0.1, 0.15) is 59.2 Å². The first-order valence-electron chi connectivity index (χ1n) is 13.1. The Morgan fingerprint density at radius 3 is 2.81 bits per heavy atom. The highest BCUT2D eigenvalue weighted by Gasteiger charge is 2.39. The third-order valence-electron chi connectivity index (χ3n) is 7.99. The molecular formula is C28H32N4O4. The number of carbonyl (C=O) groups excluding carboxylic acids is 3. The van der Waals surface area contributed by atoms with E-state index in [1.807, 2.05) is 12.1 Å². The number of hydrogen-bond donors (Lipinski definition) is 2. The molecule has 4 aliphatic rings. The molecule has 0 aromatic heterocycles. The van der Waals surface area contributed by atoms with E-state index in [0.717, 1.165) is 43.8 Å². The Bertz CT molecular complexity index is 1210. The minimum absolute atomic E-state index is 0.159. The molecule has 2 aromatic carbocycles. The zero-order chi connectivity index (χ0) is 24.6. The molecule has 2 N–H and O–H groups in total. The normalized spacial score (nSPS) is 23.8. The summed E-state index contributed by atoms with van der Waals surface area (Å²) in [4.78, 5) is 40.9. The van der Waals surface area contributed by atoms with Gasteiger partial charge in [-0.1, -0.05) is 24.6 Å². The van der Waals surface area contributed by atoms with Gasteiger partial charge in [-0.05, 0) is 67.1 Å². The van der Waals surface area contributed by atoms with Gasteiger partial charge in [-0.25, -0.2) is 0 Å². The fraction of sp³-hybridized carbons (Fsp3) is 0.464. The molecule has 2 aromatic rings. The fourth-order valence-electron chi connectivity index (χ4n) is 6.05. The number of anilines is 1. The molecular weight excluding hydrogens is 456 g/mol. The summed E-state index contributed by atoms with van der Waals surface area (Å²) in [5.41, 5.74) is 5.56. The number of hydrogen-bond acceptors (Lipinski definition) is 6. The Balaban J connectivity index is 1.11. The van der Waals surface area contributed by atoms with E-state index in [-0.39, 0.29) is 24.1 Å². The summed E-state index contributed by atoms with van der Waals surface area (Å²) in [6, 6.07) is 11.9. The number of amides is 3. The maximum absolute atomic E-state index is 12.9. The van der Waals surface area contributed by atoms with Crippen LogP contribution in [0.25, 0.3) is 0 Å². The number of likely N-dealkylation sites (tertiary alicyclic amines) is 1. The van der Waals surface area contributed by atoms with Crippen molar-refractivity contribution >= 4 is 23.4 Å². The first-order valence-corrected chi connectivity index (χ1v) is 13.1. The van der Waals surface area contributed by atoms with Crippen LogP contribution in [0.2, 0.25) is 0 Å². The number of carbonyl (C=O) groups is 3. The van der Waals surface area contributed by atoms with Crippen LogP contribution in [-0.4, -0.2) is 59.3 Å². The Hall–Kier alpha value is -3.39. The fourth-order valence-corrected chi connectivity index (χ4v) is 6.05. The minimum atomic E-state index is -0.600. The summed E-state index contributed by atoms with van der Waals surface area (Å²) >= 11 is 0. The third kappa shape index (κ3) is 4.34. The van der Waals surface area contributed by atoms with Crippen LogP contribution in [0.3, 0.4) is 0 Å². The van der Waals surface area contributed by atoms with E-state index in [0.29, 0.717) is 31.2 Å². The van der Waals surface area contributed by atoms with E-state index < -0.39 is 6.04 Å². The molecule has 1 unspecified atom stereocenters. The van der Waals surface area contributed by atoms with Crippen LogP contribution in [0.15, 0.2) is 36.4 Å². The van der Waals surface area contributed by atoms with Gasteiger partial charge in [0, 0.05) is 43.3 Å². The van der Waals surface area contributed by atoms with Crippen LogP contribution >= 0.6 is 0 Å². The molecule has 3 amide bonds. The first kappa shape index (κ1) is 23.0. The van der Waals surface area contributed by atoms with Gasteiger partial charge in [0.1, 0.15) is 18.4 Å². The molecule has 0 bridgehead atoms. The number of para-hydroxylation sites is 1. The molecule has 8 heteroatoms. The molecule has 0 spiro atoms. The maximum atomic E-state index is 12.9. The van der Waals surface area contributed by atoms with Gasteiger partial charge in [-0.2, -0.15) is 0 Å². The highest BCUT2D eigenvalue weighted by atomic mass is 16.5. The van der Waals surface area contributed by atoms with Crippen LogP contribution in [0.4, 0.5) is 5.69 Å². The quantitative estimate of drug-likeness (QED) is 0.608. The molecule has 8 nitrogen and oxygen atoms in total. The number of fused-ring (bicyclic) bond motifs is 2. The van der Waals surface area contributed by atoms with Gasteiger partial charge < -0.3 is 15.0 Å². The average Bonchev–Trinajstić information content (AvgIpc) is 3.49. The van der Waals surface area contributed by atoms with Crippen LogP contribution < -0.4 is 15.4 Å². The second kappa shape index (κ2) is 9.58. The summed E-state index contributed by atoms with van der Waals surface area (Å²) in [7, 11) is 0. The van der Waals surface area contributed by atoms with Crippen molar-refractivity contribution in [2.45, 2.75) is 63.7 Å². The van der Waals surface area contributed by atoms with Crippen molar-refractivity contribution in [3.8, 4) is 5.75 Å². The summed E-state index contributed by atoms with van der Waals surface area (Å²) in [5, 5.41) is 5.91. The predicted octanol–water partition coefficient (Wildman–Crippen LogP) is 2.85. The Kier molecular flexibility index (Phi) is 6.13. The van der Waals surface area contributed by atoms with Crippen molar-refractivity contribution in [2.24, 2.45) is 0 Å². The molecule has 4 heterocycles. The van der Waals surface area contributed by atoms with E-state index in [1.165, 1.54) is 29.7 Å². The molecule has 2 fully saturated rings. The Morgan fingerprint density at radius 1 is 1.00 bits per heavy atom. The van der Waals surface area contributed by atoms with Crippen molar-refractivity contribution in [3.63, 3.8) is 0 Å². The second-order valence-electron chi connectivity index (χ2n) is 10.3. The Labute approximate surface area is 211 Å². The van der Waals surface area contributed by atoms with Crippen molar-refractivity contribution in [1.29, 1.82) is 0 Å². The van der Waals surface area contributed by atoms with E-state index in [1.54, 1.807) is 11.0 Å². The monoisotopic (exact) mass is 488 g/mol. The molecule has 2 saturated heterocycles. The van der Waals surface area contributed by atoms with Crippen molar-refractivity contribution < 1.29 is 19.1 Å². The third-order valence-corrected chi connectivity index (χ3v) is 7.99. The van der Waals surface area contributed by atoms with E-state index >= 15 is 0 Å². The summed E-state index contributed by atoms with van der Waals surface area (Å²) in [6.07, 6.45) is 5.23. The van der Waals surface area contributed by atoms with E-state index in [2.05, 4.69) is 33.7 Å². The minimum Gasteiger partial charge on any atom is -0.492 e. The standard InChI is InChI=1S/C28H32N4O4/c33-25-10-9-24(27(34)30-25)32-16-20-14-22(7-8-23(20)28(32)35)36-17-21-6-1-2-13-31(21)15-19-5-3-4-18-11-12-29-26(18)19/h3-5,7-8,14,21,24,29H,1-2,6,9-13,15-17H2,(H,30,33,34)/t21-,24?/m1/s1. The molecule has 4 aliphatic heterocycles. The van der Waals surface area contributed by atoms with Crippen molar-refractivity contribution in [1.82, 2.24) is 15.1 Å². The molecule has 2 atom stereocenters. The molecule has 0 aliphatic carbocycles. The molecule has 36 heavy (non-hydrogen) atoms. The van der Waals surface area contributed by atoms with Gasteiger partial charge in [-0.15, -0.1) is 0 Å². The second-order valence-corrected chi connectivity index (χ2v) is 10.3. The number of benzene rings is 2. The SMILES string of the molecule is O=C1CCC(N2Cc3cc(OC[C@H]4CCCCN4Cc4cccc5c4NCC5)ccc3C2=O)C(=O)N1. The Morgan fingerprint density at radius 2 is 1.92 bits per heavy atom. The summed E-state index contributed by atoms with van der Waals surface area (Å²) < 4.78 is 6.27. The predicted molar refractivity (Wildman–Crippen MR) is 135 cm³/mol. The number of rotatable bonds is 6. The van der Waals surface area contributed by atoms with Crippen LogP contribution in [-0.2, 0) is 29.1 Å². The summed E-state index contributed by atoms with van der Waals surface area (Å²) in [5.74, 6) is -0.0748. The van der Waals surface area contributed by atoms with Gasteiger partial charge in [-0.3, -0.25) is 24.6 Å². The van der Waals surface area contributed by atoms with Gasteiger partial charge in [0.15, 0.2) is 0 Å². The van der Waals surface area contributed by atoms with Gasteiger partial charge in [0.05, 0.1) is 0 Å². The van der Waals surface area contributed by atoms with Crippen LogP contribution in [0, 0.1) is 0 Å². The van der Waals surface area contributed by atoms with Gasteiger partial charge in [0.25, 0.3) is 5.91 Å². The maximum Gasteiger partial charge on any atom is 0.255 e. The smallest absolute Gasteiger partial charge is 0.255 e. The van der Waals surface area contributed by atoms with Crippen molar-refractivity contribution in [3.05, 3.63) is 58.7 Å². The summed E-state index contributed by atoms with van der Waals surface area (Å²) in [6.45, 7) is 3.97. The van der Waals surface area contributed by atoms with Gasteiger partial charge in [0.2, 0.25) is 11.8 Å². The van der Waals surface area contributed by atoms with Gasteiger partial charge >= 0.3 is 0 Å². The number of imide groups is 1. The van der Waals surface area contributed by atoms with E-state index in [9.17, 15) is 14.4 Å². The lowest BCUT2D eigenvalue weighted by molar-refractivity contribution is -0.136. The van der Waals surface area contributed by atoms with Crippen LogP contribution in [0.5, 0.6) is 5.75 Å². The topological polar surface area (TPSA) is 91.0 Å². The molecule has 0 radical (unpaired) electrons. The highest BCUT2D eigenvalue weighted by molar-refractivity contribution is 6.05. The number of nitrogens with one attached hydrogen (secondary N) is 2. The first-order chi connectivity index (χ1) is 17.6. The molecule has 188 valence electrons. The zero-order valence-corrected chi connectivity index (χ0v) is 20.4. The largest absolute Gasteiger partial charge is 0.492 e. The lowest BCUT2D eigenvalue weighted by atomic mass is 10.0. The lowest BCUT2D eigenvalue weighted by Gasteiger charge is -2.36. The zero-order valence-electron chi connectivity index (χ0n) is 20.4. The highest BCUT2D eigenvalue weighted by Crippen LogP contribution is 2.32. The lowest BCUT2D eigenvalue weighted by Crippen LogP contribution is -2.52. The molecule has 6 rings (SSSR count). The van der Waals surface area contributed by atoms with E-state index in [4.69, 9.17) is 4.74 Å². The number of ether oxygens (including phenoxy) is 1.